The number of nitrogens with two attached hydrogens (primary N) is 1. The molecule has 67 heavy (non-hydrogen) atoms. The number of carbonyl (C=O) groups excluding carboxylic acids is 6. The zero-order chi connectivity index (χ0) is 48.9. The number of unbranched alkanes of at least 4 members (excludes halogenated alkanes) is 5. The Kier molecular flexibility index (Phi) is 22.6. The highest BCUT2D eigenvalue weighted by Crippen LogP contribution is 2.45. The molecule has 0 aliphatic carbocycles. The highest BCUT2D eigenvalue weighted by molar-refractivity contribution is 7.47. The molecule has 3 heterocycles. The molecule has 1 saturated heterocycles. The van der Waals surface area contributed by atoms with Crippen LogP contribution in [0.4, 0.5) is 0 Å². The molecule has 1 unspecified atom stereocenters. The van der Waals surface area contributed by atoms with Crippen LogP contribution in [-0.2, 0) is 68.2 Å². The third kappa shape index (κ3) is 18.6. The highest BCUT2D eigenvalue weighted by atomic mass is 32.1. The summed E-state index contributed by atoms with van der Waals surface area (Å²) < 4.78 is 24.8. The lowest BCUT2D eigenvalue weighted by molar-refractivity contribution is -0.139. The monoisotopic (exact) mass is 972 g/mol. The first-order chi connectivity index (χ1) is 32.0. The summed E-state index contributed by atoms with van der Waals surface area (Å²) in [5.41, 5.74) is 7.47. The largest absolute Gasteiger partial charge is 0.472 e. The summed E-state index contributed by atoms with van der Waals surface area (Å²) >= 11 is 1.43. The van der Waals surface area contributed by atoms with Gasteiger partial charge in [0.15, 0.2) is 0 Å². The number of nitrogens with zero attached hydrogens (tertiary/aromatic N) is 3. The predicted octanol–water partition coefficient (Wildman–Crippen LogP) is 3.31. The van der Waals surface area contributed by atoms with E-state index in [0.717, 1.165) is 49.8 Å². The summed E-state index contributed by atoms with van der Waals surface area (Å²) in [7, 11) is -4.75. The average Bonchev–Trinajstić information content (AvgIpc) is 4.08. The summed E-state index contributed by atoms with van der Waals surface area (Å²) in [6, 6.07) is 7.39. The molecule has 7 atom stereocenters. The number of phosphoric acid groups is 1. The fourth-order valence-corrected chi connectivity index (χ4v) is 9.53. The second-order valence-electron chi connectivity index (χ2n) is 17.3. The molecule has 0 radical (unpaired) electrons. The summed E-state index contributed by atoms with van der Waals surface area (Å²) in [6.45, 7) is 6.19. The van der Waals surface area contributed by atoms with Crippen LogP contribution in [0.25, 0.3) is 0 Å². The Balaban J connectivity index is 1.45. The standard InChI is InChI=1S/C46H69N8O11PS/c1-31(2)26-37(50-46(61)40-20-14-23-54(40)33(4)56)43(58)49-38(27-35-28-48-30-53(35)22-13-8-6-5-7-10-16-34-17-11-9-12-18-34)44(59)51-39(29-55)45(60)52-41(42(47)57)32(3)65-66(62,63)64-24-21-36-19-15-25-67-36/h9,11-12,15,17-19,25,28,30-32,37-41,55H,5-8,10,13-14,16,20-24,26-27,29H2,1-4H3,(H2,47,57)(H,49,58)(H,50,61)(H,51,59)(H,52,60)(H,62,63)/t32-,37+,38+,39+,40+,41+/m1/s1. The van der Waals surface area contributed by atoms with Gasteiger partial charge >= 0.3 is 7.82 Å². The van der Waals surface area contributed by atoms with E-state index in [0.29, 0.717) is 38.0 Å². The minimum Gasteiger partial charge on any atom is -0.394 e. The molecule has 0 saturated carbocycles. The lowest BCUT2D eigenvalue weighted by Crippen LogP contribution is -2.61. The third-order valence-electron chi connectivity index (χ3n) is 11.5. The van der Waals surface area contributed by atoms with Crippen LogP contribution >= 0.6 is 19.2 Å². The van der Waals surface area contributed by atoms with E-state index in [1.807, 2.05) is 54.1 Å². The maximum absolute atomic E-state index is 14.2. The van der Waals surface area contributed by atoms with Gasteiger partial charge in [0.05, 0.1) is 25.6 Å². The van der Waals surface area contributed by atoms with Crippen molar-refractivity contribution in [2.24, 2.45) is 11.7 Å². The van der Waals surface area contributed by atoms with Crippen molar-refractivity contribution in [3.05, 3.63) is 76.5 Å². The van der Waals surface area contributed by atoms with Gasteiger partial charge in [-0.3, -0.25) is 37.8 Å². The van der Waals surface area contributed by atoms with Crippen LogP contribution < -0.4 is 27.0 Å². The van der Waals surface area contributed by atoms with E-state index in [1.165, 1.54) is 35.6 Å². The molecular weight excluding hydrogens is 904 g/mol. The van der Waals surface area contributed by atoms with Crippen molar-refractivity contribution in [1.29, 1.82) is 0 Å². The lowest BCUT2D eigenvalue weighted by Gasteiger charge is -2.28. The normalized spacial score (nSPS) is 16.9. The van der Waals surface area contributed by atoms with E-state index in [1.54, 1.807) is 12.5 Å². The van der Waals surface area contributed by atoms with Crippen LogP contribution in [0.3, 0.4) is 0 Å². The molecule has 2 aromatic heterocycles. The number of aliphatic hydroxyl groups excluding tert-OH is 1. The first-order valence-corrected chi connectivity index (χ1v) is 25.4. The molecule has 0 bridgehead atoms. The van der Waals surface area contributed by atoms with Gasteiger partial charge in [0.1, 0.15) is 30.2 Å². The van der Waals surface area contributed by atoms with Gasteiger partial charge in [-0.25, -0.2) is 9.55 Å². The molecule has 8 N–H and O–H groups in total. The Morgan fingerprint density at radius 3 is 2.21 bits per heavy atom. The zero-order valence-electron chi connectivity index (χ0n) is 39.0. The lowest BCUT2D eigenvalue weighted by atomic mass is 10.0. The van der Waals surface area contributed by atoms with Crippen LogP contribution in [-0.4, -0.2) is 116 Å². The maximum Gasteiger partial charge on any atom is 0.472 e. The number of benzene rings is 1. The second kappa shape index (κ2) is 27.7. The number of phosphoric ester groups is 1. The zero-order valence-corrected chi connectivity index (χ0v) is 40.7. The van der Waals surface area contributed by atoms with Crippen molar-refractivity contribution in [3.8, 4) is 0 Å². The van der Waals surface area contributed by atoms with Crippen LogP contribution in [0.2, 0.25) is 0 Å². The fourth-order valence-electron chi connectivity index (χ4n) is 7.92. The topological polar surface area (TPSA) is 274 Å². The molecule has 21 heteroatoms. The van der Waals surface area contributed by atoms with Crippen molar-refractivity contribution < 1.29 is 52.4 Å². The van der Waals surface area contributed by atoms with Gasteiger partial charge in [-0.05, 0) is 68.4 Å². The number of likely N-dealkylation sites (tertiary alicyclic amines) is 1. The van der Waals surface area contributed by atoms with Crippen molar-refractivity contribution in [2.45, 2.75) is 148 Å². The first kappa shape index (κ1) is 54.6. The van der Waals surface area contributed by atoms with Gasteiger partial charge in [0, 0.05) is 49.6 Å². The first-order valence-electron chi connectivity index (χ1n) is 23.1. The van der Waals surface area contributed by atoms with Crippen molar-refractivity contribution in [2.75, 3.05) is 19.8 Å². The Labute approximate surface area is 396 Å². The van der Waals surface area contributed by atoms with Gasteiger partial charge in [0.25, 0.3) is 0 Å². The minimum atomic E-state index is -4.75. The number of carbonyl (C=O) groups is 6. The molecule has 1 aromatic carbocycles. The fraction of sp³-hybridized carbons (Fsp3) is 0.587. The van der Waals surface area contributed by atoms with E-state index in [9.17, 15) is 43.3 Å². The van der Waals surface area contributed by atoms with Crippen LogP contribution in [0.15, 0.2) is 60.4 Å². The SMILES string of the molecule is CC(=O)N1CCC[C@H]1C(=O)N[C@@H](CC(C)C)C(=O)N[C@@H](Cc1cncn1CCCCCCCCc1ccccc1)C(=O)N[C@@H](CO)C(=O)N[C@H](C(N)=O)[C@@H](C)OP(=O)(O)OCCc1cccs1. The number of aromatic nitrogens is 2. The minimum absolute atomic E-state index is 0.0781. The molecule has 1 fully saturated rings. The van der Waals surface area contributed by atoms with Gasteiger partial charge < -0.3 is 46.5 Å². The summed E-state index contributed by atoms with van der Waals surface area (Å²) in [5, 5.41) is 22.5. The molecule has 3 aromatic rings. The number of rotatable bonds is 30. The Bertz CT molecular complexity index is 2090. The molecule has 19 nitrogen and oxygen atoms in total. The summed E-state index contributed by atoms with van der Waals surface area (Å²) in [4.78, 5) is 97.2. The number of thiophene rings is 1. The molecule has 370 valence electrons. The van der Waals surface area contributed by atoms with Crippen LogP contribution in [0.5, 0.6) is 0 Å². The number of imidazole rings is 1. The van der Waals surface area contributed by atoms with Crippen molar-refractivity contribution in [1.82, 2.24) is 35.7 Å². The Hall–Kier alpha value is -4.98. The number of primary amides is 1. The van der Waals surface area contributed by atoms with Gasteiger partial charge in [-0.2, -0.15) is 0 Å². The Morgan fingerprint density at radius 2 is 1.55 bits per heavy atom. The van der Waals surface area contributed by atoms with Crippen molar-refractivity contribution in [3.63, 3.8) is 0 Å². The maximum atomic E-state index is 14.2. The third-order valence-corrected chi connectivity index (χ3v) is 13.5. The van der Waals surface area contributed by atoms with E-state index < -0.39 is 80.3 Å². The molecule has 0 spiro atoms. The van der Waals surface area contributed by atoms with Crippen molar-refractivity contribution >= 4 is 54.6 Å². The number of nitrogens with one attached hydrogen (secondary N) is 4. The van der Waals surface area contributed by atoms with Gasteiger partial charge in [-0.15, -0.1) is 11.3 Å². The number of aliphatic hydroxyl groups is 1. The van der Waals surface area contributed by atoms with E-state index in [4.69, 9.17) is 14.8 Å². The second-order valence-corrected chi connectivity index (χ2v) is 19.8. The van der Waals surface area contributed by atoms with E-state index in [-0.39, 0.29) is 31.3 Å². The quantitative estimate of drug-likeness (QED) is 0.0375. The number of amides is 6. The van der Waals surface area contributed by atoms with E-state index >= 15 is 0 Å². The van der Waals surface area contributed by atoms with Gasteiger partial charge in [0.2, 0.25) is 35.4 Å². The average molecular weight is 973 g/mol. The molecular formula is C46H69N8O11PS. The van der Waals surface area contributed by atoms with Crippen LogP contribution in [0.1, 0.15) is 102 Å². The predicted molar refractivity (Wildman–Crippen MR) is 252 cm³/mol. The van der Waals surface area contributed by atoms with Crippen LogP contribution in [0, 0.1) is 5.92 Å². The molecule has 1 aliphatic heterocycles. The number of aryl methyl sites for hydroxylation is 2. The summed E-state index contributed by atoms with van der Waals surface area (Å²) in [6.07, 6.45) is 10.4. The molecule has 4 rings (SSSR count). The smallest absolute Gasteiger partial charge is 0.394 e. The van der Waals surface area contributed by atoms with E-state index in [2.05, 4.69) is 38.4 Å². The molecule has 1 aliphatic rings. The molecule has 6 amide bonds. The van der Waals surface area contributed by atoms with Gasteiger partial charge in [-0.1, -0.05) is 75.9 Å². The highest BCUT2D eigenvalue weighted by Gasteiger charge is 2.38. The number of hydrogen-bond donors (Lipinski definition) is 7. The number of hydrogen-bond acceptors (Lipinski definition) is 12. The summed E-state index contributed by atoms with van der Waals surface area (Å²) in [5.74, 6) is -4.65. The Morgan fingerprint density at radius 1 is 0.881 bits per heavy atom.